The van der Waals surface area contributed by atoms with Crippen LogP contribution in [0.5, 0.6) is 0 Å². The molecule has 0 aliphatic carbocycles. The first kappa shape index (κ1) is 11.5. The van der Waals surface area contributed by atoms with Gasteiger partial charge in [0.1, 0.15) is 0 Å². The number of anilines is 1. The van der Waals surface area contributed by atoms with E-state index in [0.717, 1.165) is 10.9 Å². The number of nitrogens with two attached hydrogens (primary N) is 1. The predicted octanol–water partition coefficient (Wildman–Crippen LogP) is 1.18. The fourth-order valence-electron chi connectivity index (χ4n) is 2.03. The molecular formula is C13H13N5O. The fraction of sp³-hybridized carbons (Fsp3) is 0.154. The average molecular weight is 255 g/mol. The van der Waals surface area contributed by atoms with Crippen LogP contribution in [-0.4, -0.2) is 19.3 Å². The van der Waals surface area contributed by atoms with Gasteiger partial charge in [0.15, 0.2) is 0 Å². The third kappa shape index (κ3) is 1.77. The van der Waals surface area contributed by atoms with Crippen LogP contribution in [0.2, 0.25) is 0 Å². The Morgan fingerprint density at radius 3 is 3.00 bits per heavy atom. The number of benzene rings is 1. The summed E-state index contributed by atoms with van der Waals surface area (Å²) in [5.74, 6) is 0.282. The maximum absolute atomic E-state index is 12.2. The molecule has 0 saturated carbocycles. The smallest absolute Gasteiger partial charge is 0.295 e. The second-order valence-corrected chi connectivity index (χ2v) is 4.22. The number of nitrogen functional groups attached to an aromatic ring is 1. The lowest BCUT2D eigenvalue weighted by molar-refractivity contribution is 0.697. The molecule has 0 spiro atoms. The van der Waals surface area contributed by atoms with Crippen molar-refractivity contribution in [1.82, 2.24) is 19.3 Å². The average Bonchev–Trinajstić information content (AvgIpc) is 2.82. The summed E-state index contributed by atoms with van der Waals surface area (Å²) in [7, 11) is 0. The van der Waals surface area contributed by atoms with Crippen molar-refractivity contribution in [1.29, 1.82) is 0 Å². The molecule has 2 aromatic heterocycles. The zero-order chi connectivity index (χ0) is 13.4. The molecule has 6 heteroatoms. The van der Waals surface area contributed by atoms with Gasteiger partial charge in [-0.2, -0.15) is 5.10 Å². The first-order valence-corrected chi connectivity index (χ1v) is 6.00. The molecule has 0 radical (unpaired) electrons. The SMILES string of the molecule is CCn1ccnc(-n2ncc3ccc(N)cc32)c1=O. The highest BCUT2D eigenvalue weighted by Crippen LogP contribution is 2.18. The summed E-state index contributed by atoms with van der Waals surface area (Å²) in [6.45, 7) is 2.50. The topological polar surface area (TPSA) is 78.7 Å². The first-order valence-electron chi connectivity index (χ1n) is 6.00. The number of nitrogens with zero attached hydrogens (tertiary/aromatic N) is 4. The molecule has 0 bridgehead atoms. The van der Waals surface area contributed by atoms with Crippen LogP contribution < -0.4 is 11.3 Å². The second kappa shape index (κ2) is 4.24. The van der Waals surface area contributed by atoms with Gasteiger partial charge in [-0.3, -0.25) is 4.79 Å². The van der Waals surface area contributed by atoms with Crippen LogP contribution in [0.3, 0.4) is 0 Å². The number of fused-ring (bicyclic) bond motifs is 1. The van der Waals surface area contributed by atoms with Crippen LogP contribution in [-0.2, 0) is 6.54 Å². The van der Waals surface area contributed by atoms with Crippen molar-refractivity contribution in [2.24, 2.45) is 0 Å². The van der Waals surface area contributed by atoms with Crippen molar-refractivity contribution in [3.05, 3.63) is 47.1 Å². The summed E-state index contributed by atoms with van der Waals surface area (Å²) in [4.78, 5) is 16.4. The molecule has 0 amide bonds. The molecule has 0 aliphatic heterocycles. The number of rotatable bonds is 2. The Morgan fingerprint density at radius 1 is 1.37 bits per heavy atom. The van der Waals surface area contributed by atoms with Crippen molar-refractivity contribution >= 4 is 16.6 Å². The maximum atomic E-state index is 12.2. The van der Waals surface area contributed by atoms with Crippen molar-refractivity contribution in [2.75, 3.05) is 5.73 Å². The molecule has 2 N–H and O–H groups in total. The summed E-state index contributed by atoms with van der Waals surface area (Å²) < 4.78 is 3.11. The lowest BCUT2D eigenvalue weighted by Crippen LogP contribution is -2.25. The molecule has 0 aliphatic rings. The van der Waals surface area contributed by atoms with Crippen LogP contribution in [0.15, 0.2) is 41.6 Å². The molecule has 2 heterocycles. The second-order valence-electron chi connectivity index (χ2n) is 4.22. The first-order chi connectivity index (χ1) is 9.20. The van der Waals surface area contributed by atoms with E-state index in [1.54, 1.807) is 35.3 Å². The molecular weight excluding hydrogens is 242 g/mol. The van der Waals surface area contributed by atoms with Crippen LogP contribution in [0, 0.1) is 0 Å². The van der Waals surface area contributed by atoms with Gasteiger partial charge in [-0.25, -0.2) is 9.67 Å². The van der Waals surface area contributed by atoms with Crippen molar-refractivity contribution < 1.29 is 0 Å². The summed E-state index contributed by atoms with van der Waals surface area (Å²) in [5.41, 5.74) is 7.01. The zero-order valence-electron chi connectivity index (χ0n) is 10.4. The quantitative estimate of drug-likeness (QED) is 0.697. The van der Waals surface area contributed by atoms with E-state index in [1.165, 1.54) is 4.68 Å². The summed E-state index contributed by atoms with van der Waals surface area (Å²) >= 11 is 0. The van der Waals surface area contributed by atoms with Gasteiger partial charge in [0.25, 0.3) is 5.56 Å². The zero-order valence-corrected chi connectivity index (χ0v) is 10.4. The van der Waals surface area contributed by atoms with Crippen molar-refractivity contribution in [3.8, 4) is 5.82 Å². The minimum Gasteiger partial charge on any atom is -0.399 e. The van der Waals surface area contributed by atoms with E-state index in [-0.39, 0.29) is 11.4 Å². The van der Waals surface area contributed by atoms with E-state index in [4.69, 9.17) is 5.73 Å². The largest absolute Gasteiger partial charge is 0.399 e. The normalized spacial score (nSPS) is 11.0. The number of hydrogen-bond acceptors (Lipinski definition) is 4. The van der Waals surface area contributed by atoms with E-state index >= 15 is 0 Å². The molecule has 1 aromatic carbocycles. The van der Waals surface area contributed by atoms with Crippen LogP contribution in [0.4, 0.5) is 5.69 Å². The molecule has 0 saturated heterocycles. The van der Waals surface area contributed by atoms with Crippen LogP contribution in [0.1, 0.15) is 6.92 Å². The Morgan fingerprint density at radius 2 is 2.21 bits per heavy atom. The predicted molar refractivity (Wildman–Crippen MR) is 73.2 cm³/mol. The van der Waals surface area contributed by atoms with Gasteiger partial charge in [0.2, 0.25) is 5.82 Å². The number of hydrogen-bond donors (Lipinski definition) is 1. The lowest BCUT2D eigenvalue weighted by Gasteiger charge is -2.05. The third-order valence-corrected chi connectivity index (χ3v) is 3.03. The van der Waals surface area contributed by atoms with Gasteiger partial charge >= 0.3 is 0 Å². The summed E-state index contributed by atoms with van der Waals surface area (Å²) in [5, 5.41) is 5.15. The Hall–Kier alpha value is -2.63. The van der Waals surface area contributed by atoms with E-state index in [9.17, 15) is 4.79 Å². The van der Waals surface area contributed by atoms with E-state index < -0.39 is 0 Å². The van der Waals surface area contributed by atoms with Gasteiger partial charge in [-0.05, 0) is 25.1 Å². The van der Waals surface area contributed by atoms with E-state index in [1.807, 2.05) is 13.0 Å². The molecule has 6 nitrogen and oxygen atoms in total. The third-order valence-electron chi connectivity index (χ3n) is 3.03. The van der Waals surface area contributed by atoms with Crippen molar-refractivity contribution in [2.45, 2.75) is 13.5 Å². The van der Waals surface area contributed by atoms with E-state index in [0.29, 0.717) is 12.2 Å². The van der Waals surface area contributed by atoms with Gasteiger partial charge in [-0.1, -0.05) is 0 Å². The van der Waals surface area contributed by atoms with E-state index in [2.05, 4.69) is 10.1 Å². The Bertz CT molecular complexity index is 802. The number of aromatic nitrogens is 4. The minimum atomic E-state index is -0.169. The molecule has 0 atom stereocenters. The van der Waals surface area contributed by atoms with Crippen molar-refractivity contribution in [3.63, 3.8) is 0 Å². The molecule has 19 heavy (non-hydrogen) atoms. The molecule has 0 fully saturated rings. The summed E-state index contributed by atoms with van der Waals surface area (Å²) in [6.07, 6.45) is 4.95. The molecule has 3 aromatic rings. The maximum Gasteiger partial charge on any atom is 0.295 e. The highest BCUT2D eigenvalue weighted by molar-refractivity contribution is 5.82. The minimum absolute atomic E-state index is 0.169. The lowest BCUT2D eigenvalue weighted by atomic mass is 10.2. The van der Waals surface area contributed by atoms with Gasteiger partial charge < -0.3 is 10.3 Å². The summed E-state index contributed by atoms with van der Waals surface area (Å²) in [6, 6.07) is 5.46. The fourth-order valence-corrected chi connectivity index (χ4v) is 2.03. The van der Waals surface area contributed by atoms with Crippen LogP contribution >= 0.6 is 0 Å². The number of aryl methyl sites for hydroxylation is 1. The molecule has 0 unspecified atom stereocenters. The van der Waals surface area contributed by atoms with Gasteiger partial charge in [0, 0.05) is 30.0 Å². The Balaban J connectivity index is 2.31. The van der Waals surface area contributed by atoms with Gasteiger partial charge in [0.05, 0.1) is 11.7 Å². The highest BCUT2D eigenvalue weighted by atomic mass is 16.1. The molecule has 3 rings (SSSR count). The molecule has 96 valence electrons. The Labute approximate surface area is 109 Å². The highest BCUT2D eigenvalue weighted by Gasteiger charge is 2.11. The Kier molecular flexibility index (Phi) is 2.56. The standard InChI is InChI=1S/C13H13N5O/c1-2-17-6-5-15-12(13(17)19)18-11-7-10(14)4-3-9(11)8-16-18/h3-8H,2,14H2,1H3. The monoisotopic (exact) mass is 255 g/mol. The van der Waals surface area contributed by atoms with Gasteiger partial charge in [-0.15, -0.1) is 0 Å². The van der Waals surface area contributed by atoms with Crippen LogP contribution in [0.25, 0.3) is 16.7 Å².